The molecule has 1 aliphatic heterocycles. The fourth-order valence-electron chi connectivity index (χ4n) is 4.51. The van der Waals surface area contributed by atoms with Gasteiger partial charge in [-0.3, -0.25) is 14.4 Å². The number of nitrogens with zero attached hydrogens (tertiary/aromatic N) is 2. The van der Waals surface area contributed by atoms with Crippen molar-refractivity contribution in [2.45, 2.75) is 57.9 Å². The third-order valence-corrected chi connectivity index (χ3v) is 6.04. The maximum Gasteiger partial charge on any atom is 0.313 e. The summed E-state index contributed by atoms with van der Waals surface area (Å²) in [7, 11) is 1.37. The van der Waals surface area contributed by atoms with Crippen LogP contribution >= 0.6 is 0 Å². The summed E-state index contributed by atoms with van der Waals surface area (Å²) in [5.41, 5.74) is 5.61. The van der Waals surface area contributed by atoms with E-state index in [0.29, 0.717) is 18.4 Å². The zero-order chi connectivity index (χ0) is 21.0. The lowest BCUT2D eigenvalue weighted by molar-refractivity contribution is -0.146. The average molecular weight is 402 g/mol. The number of ether oxygens (including phenoxy) is 1. The smallest absolute Gasteiger partial charge is 0.313 e. The molecule has 1 aromatic heterocycles. The molecule has 2 fully saturated rings. The monoisotopic (exact) mass is 402 g/mol. The molecule has 8 heteroatoms. The lowest BCUT2D eigenvalue weighted by atomic mass is 9.87. The van der Waals surface area contributed by atoms with Crippen LogP contribution in [-0.2, 0) is 9.59 Å². The van der Waals surface area contributed by atoms with Crippen molar-refractivity contribution >= 4 is 23.4 Å². The highest BCUT2D eigenvalue weighted by atomic mass is 16.5. The molecule has 3 N–H and O–H groups in total. The molecule has 1 saturated heterocycles. The van der Waals surface area contributed by atoms with Gasteiger partial charge in [0.05, 0.1) is 19.0 Å². The molecule has 1 aromatic rings. The summed E-state index contributed by atoms with van der Waals surface area (Å²) in [5, 5.41) is 2.56. The fraction of sp³-hybridized carbons (Fsp3) is 0.619. The Hall–Kier alpha value is -2.64. The van der Waals surface area contributed by atoms with E-state index < -0.39 is 17.7 Å². The van der Waals surface area contributed by atoms with Crippen LogP contribution in [0.2, 0.25) is 0 Å². The molecule has 1 unspecified atom stereocenters. The van der Waals surface area contributed by atoms with Gasteiger partial charge in [-0.25, -0.2) is 4.98 Å². The van der Waals surface area contributed by atoms with E-state index in [4.69, 9.17) is 10.5 Å². The normalized spacial score (nSPS) is 22.3. The van der Waals surface area contributed by atoms with Gasteiger partial charge in [0, 0.05) is 12.6 Å². The molecular weight excluding hydrogens is 372 g/mol. The molecular formula is C21H30N4O4. The van der Waals surface area contributed by atoms with Gasteiger partial charge in [-0.2, -0.15) is 0 Å². The number of nitrogens with one attached hydrogen (secondary N) is 1. The largest absolute Gasteiger partial charge is 0.480 e. The van der Waals surface area contributed by atoms with Crippen LogP contribution in [0.4, 0.5) is 5.69 Å². The minimum Gasteiger partial charge on any atom is -0.480 e. The van der Waals surface area contributed by atoms with Gasteiger partial charge in [0.15, 0.2) is 0 Å². The molecule has 0 spiro atoms. The van der Waals surface area contributed by atoms with Crippen LogP contribution in [0.1, 0.15) is 62.2 Å². The molecule has 3 amide bonds. The topological polar surface area (TPSA) is 115 Å². The average Bonchev–Trinajstić information content (AvgIpc) is 3.21. The number of carbonyl (C=O) groups is 3. The van der Waals surface area contributed by atoms with Gasteiger partial charge in [0.2, 0.25) is 5.88 Å². The number of likely N-dealkylation sites (tertiary alicyclic amines) is 1. The highest BCUT2D eigenvalue weighted by Crippen LogP contribution is 2.33. The molecule has 1 aliphatic carbocycles. The highest BCUT2D eigenvalue weighted by molar-refractivity contribution is 6.39. The number of hydrogen-bond acceptors (Lipinski definition) is 5. The third-order valence-electron chi connectivity index (χ3n) is 6.04. The summed E-state index contributed by atoms with van der Waals surface area (Å²) in [5.74, 6) is -0.887. The predicted molar refractivity (Wildman–Crippen MR) is 108 cm³/mol. The molecule has 0 bridgehead atoms. The summed E-state index contributed by atoms with van der Waals surface area (Å²) < 4.78 is 5.00. The lowest BCUT2D eigenvalue weighted by Crippen LogP contribution is -2.50. The van der Waals surface area contributed by atoms with E-state index in [1.165, 1.54) is 45.1 Å². The molecule has 0 radical (unpaired) electrons. The molecule has 3 rings (SSSR count). The maximum atomic E-state index is 13.0. The quantitative estimate of drug-likeness (QED) is 0.734. The summed E-state index contributed by atoms with van der Waals surface area (Å²) in [6, 6.07) is 1.48. The van der Waals surface area contributed by atoms with Gasteiger partial charge in [-0.1, -0.05) is 32.6 Å². The number of piperidine rings is 1. The molecule has 1 saturated carbocycles. The SMILES string of the molecule is COc1ncc(NC(=O)C(=O)N2C[C@H](C)CCC2CC2CCCC2)cc1C(N)=O. The van der Waals surface area contributed by atoms with Crippen LogP contribution in [0.3, 0.4) is 0 Å². The zero-order valence-electron chi connectivity index (χ0n) is 17.1. The van der Waals surface area contributed by atoms with E-state index in [0.717, 1.165) is 19.3 Å². The standard InChI is InChI=1S/C21H30N4O4/c1-13-7-8-16(9-14-5-3-4-6-14)25(12-13)21(28)19(27)24-15-10-17(18(22)26)20(29-2)23-11-15/h10-11,13-14,16H,3-9,12H2,1-2H3,(H2,22,26)(H,24,27)/t13-,16?/m1/s1. The third kappa shape index (κ3) is 5.05. The van der Waals surface area contributed by atoms with E-state index in [2.05, 4.69) is 17.2 Å². The van der Waals surface area contributed by atoms with Crippen LogP contribution in [0.25, 0.3) is 0 Å². The second-order valence-electron chi connectivity index (χ2n) is 8.28. The van der Waals surface area contributed by atoms with E-state index in [-0.39, 0.29) is 23.2 Å². The predicted octanol–water partition coefficient (Wildman–Crippen LogP) is 2.33. The Morgan fingerprint density at radius 2 is 1.97 bits per heavy atom. The van der Waals surface area contributed by atoms with Gasteiger partial charge >= 0.3 is 11.8 Å². The first-order valence-electron chi connectivity index (χ1n) is 10.3. The van der Waals surface area contributed by atoms with Crippen LogP contribution in [0.5, 0.6) is 5.88 Å². The van der Waals surface area contributed by atoms with Gasteiger partial charge in [-0.05, 0) is 37.2 Å². The molecule has 158 valence electrons. The van der Waals surface area contributed by atoms with Gasteiger partial charge < -0.3 is 20.7 Å². The zero-order valence-corrected chi connectivity index (χ0v) is 17.1. The van der Waals surface area contributed by atoms with Crippen LogP contribution < -0.4 is 15.8 Å². The van der Waals surface area contributed by atoms with Crippen LogP contribution in [0.15, 0.2) is 12.3 Å². The van der Waals surface area contributed by atoms with Gasteiger partial charge in [0.25, 0.3) is 5.91 Å². The molecule has 8 nitrogen and oxygen atoms in total. The number of anilines is 1. The van der Waals surface area contributed by atoms with Gasteiger partial charge in [-0.15, -0.1) is 0 Å². The number of nitrogens with two attached hydrogens (primary N) is 1. The van der Waals surface area contributed by atoms with Crippen molar-refractivity contribution < 1.29 is 19.1 Å². The lowest BCUT2D eigenvalue weighted by Gasteiger charge is -2.39. The molecule has 2 aliphatic rings. The summed E-state index contributed by atoms with van der Waals surface area (Å²) in [6.07, 6.45) is 9.28. The number of hydrogen-bond donors (Lipinski definition) is 2. The first-order valence-corrected chi connectivity index (χ1v) is 10.3. The number of pyridine rings is 1. The molecule has 0 aromatic carbocycles. The Kier molecular flexibility index (Phi) is 6.71. The van der Waals surface area contributed by atoms with E-state index in [1.54, 1.807) is 4.90 Å². The molecule has 29 heavy (non-hydrogen) atoms. The Morgan fingerprint density at radius 3 is 2.62 bits per heavy atom. The summed E-state index contributed by atoms with van der Waals surface area (Å²) in [6.45, 7) is 2.70. The van der Waals surface area contributed by atoms with Gasteiger partial charge in [0.1, 0.15) is 5.56 Å². The Balaban J connectivity index is 1.70. The Labute approximate surface area is 171 Å². The summed E-state index contributed by atoms with van der Waals surface area (Å²) >= 11 is 0. The van der Waals surface area contributed by atoms with Crippen molar-refractivity contribution in [3.05, 3.63) is 17.8 Å². The molecule has 2 heterocycles. The first kappa shape index (κ1) is 21.1. The van der Waals surface area contributed by atoms with Crippen molar-refractivity contribution in [1.82, 2.24) is 9.88 Å². The number of aromatic nitrogens is 1. The number of methoxy groups -OCH3 is 1. The second kappa shape index (κ2) is 9.24. The van der Waals surface area contributed by atoms with Crippen LogP contribution in [0, 0.1) is 11.8 Å². The number of carbonyl (C=O) groups excluding carboxylic acids is 3. The van der Waals surface area contributed by atoms with E-state index in [1.807, 2.05) is 0 Å². The van der Waals surface area contributed by atoms with E-state index >= 15 is 0 Å². The van der Waals surface area contributed by atoms with Crippen molar-refractivity contribution in [2.75, 3.05) is 19.0 Å². The minimum absolute atomic E-state index is 0.0449. The Bertz CT molecular complexity index is 776. The van der Waals surface area contributed by atoms with Crippen LogP contribution in [-0.4, -0.2) is 47.3 Å². The highest BCUT2D eigenvalue weighted by Gasteiger charge is 2.35. The van der Waals surface area contributed by atoms with E-state index in [9.17, 15) is 14.4 Å². The maximum absolute atomic E-state index is 13.0. The number of amides is 3. The number of rotatable bonds is 5. The number of primary amides is 1. The summed E-state index contributed by atoms with van der Waals surface area (Å²) in [4.78, 5) is 42.9. The van der Waals surface area contributed by atoms with Crippen molar-refractivity contribution in [1.29, 1.82) is 0 Å². The second-order valence-corrected chi connectivity index (χ2v) is 8.28. The van der Waals surface area contributed by atoms with Crippen molar-refractivity contribution in [2.24, 2.45) is 17.6 Å². The van der Waals surface area contributed by atoms with Crippen molar-refractivity contribution in [3.8, 4) is 5.88 Å². The minimum atomic E-state index is -0.724. The Morgan fingerprint density at radius 1 is 1.24 bits per heavy atom. The molecule has 2 atom stereocenters. The fourth-order valence-corrected chi connectivity index (χ4v) is 4.51. The van der Waals surface area contributed by atoms with Crippen molar-refractivity contribution in [3.63, 3.8) is 0 Å². The first-order chi connectivity index (χ1) is 13.9.